The number of carbonyl (C=O) groups is 1. The Morgan fingerprint density at radius 3 is 2.47 bits per heavy atom. The maximum absolute atomic E-state index is 13.3. The Morgan fingerprint density at radius 1 is 1.13 bits per heavy atom. The molecule has 0 aromatic heterocycles. The van der Waals surface area contributed by atoms with Gasteiger partial charge in [0.1, 0.15) is 4.90 Å². The van der Waals surface area contributed by atoms with Gasteiger partial charge >= 0.3 is 0 Å². The van der Waals surface area contributed by atoms with E-state index >= 15 is 0 Å². The van der Waals surface area contributed by atoms with Crippen molar-refractivity contribution in [3.8, 4) is 0 Å². The molecule has 0 bridgehead atoms. The second-order valence-corrected chi connectivity index (χ2v) is 8.07. The summed E-state index contributed by atoms with van der Waals surface area (Å²) >= 11 is 0. The summed E-state index contributed by atoms with van der Waals surface area (Å²) in [6.45, 7) is 0.439. The summed E-state index contributed by atoms with van der Waals surface area (Å²) in [5.41, 5.74) is 5.02. The van der Waals surface area contributed by atoms with Crippen molar-refractivity contribution < 1.29 is 36.0 Å². The van der Waals surface area contributed by atoms with Gasteiger partial charge in [-0.3, -0.25) is 9.63 Å². The van der Waals surface area contributed by atoms with E-state index in [1.165, 1.54) is 12.1 Å². The van der Waals surface area contributed by atoms with Gasteiger partial charge in [-0.25, -0.2) is 21.6 Å². The smallest absolute Gasteiger partial charge is 0.264 e. The Kier molecular flexibility index (Phi) is 6.61. The zero-order valence-corrected chi connectivity index (χ0v) is 16.3. The second-order valence-electron chi connectivity index (χ2n) is 6.46. The van der Waals surface area contributed by atoms with Crippen LogP contribution in [0, 0.1) is 17.5 Å². The molecule has 1 aliphatic heterocycles. The molecule has 1 fully saturated rings. The largest absolute Gasteiger partial charge is 0.398 e. The highest BCUT2D eigenvalue weighted by atomic mass is 32.2. The predicted molar refractivity (Wildman–Crippen MR) is 100 cm³/mol. The summed E-state index contributed by atoms with van der Waals surface area (Å²) in [6, 6.07) is 4.53. The maximum atomic E-state index is 13.3. The van der Waals surface area contributed by atoms with Crippen molar-refractivity contribution in [1.82, 2.24) is 4.89 Å². The first-order chi connectivity index (χ1) is 14.2. The van der Waals surface area contributed by atoms with Gasteiger partial charge in [-0.05, 0) is 31.0 Å². The predicted octanol–water partition coefficient (Wildman–Crippen LogP) is 2.67. The molecule has 1 aliphatic rings. The number of halogens is 3. The number of benzene rings is 2. The molecule has 2 aromatic rings. The van der Waals surface area contributed by atoms with Crippen LogP contribution in [0.25, 0.3) is 0 Å². The highest BCUT2D eigenvalue weighted by molar-refractivity contribution is 7.89. The summed E-state index contributed by atoms with van der Waals surface area (Å²) in [7, 11) is -4.27. The molecular formula is C18H18F3N3O5S. The fourth-order valence-electron chi connectivity index (χ4n) is 2.71. The number of nitrogens with one attached hydrogen (secondary N) is 2. The molecule has 2 aromatic carbocycles. The number of amides is 1. The molecule has 8 nitrogen and oxygen atoms in total. The van der Waals surface area contributed by atoms with Crippen molar-refractivity contribution in [3.05, 3.63) is 53.3 Å². The van der Waals surface area contributed by atoms with Gasteiger partial charge in [0.15, 0.2) is 23.7 Å². The van der Waals surface area contributed by atoms with Crippen LogP contribution >= 0.6 is 0 Å². The Labute approximate surface area is 170 Å². The number of ether oxygens (including phenoxy) is 1. The molecule has 3 rings (SSSR count). The van der Waals surface area contributed by atoms with E-state index in [2.05, 4.69) is 5.32 Å². The summed E-state index contributed by atoms with van der Waals surface area (Å²) in [4.78, 5) is 18.9. The summed E-state index contributed by atoms with van der Waals surface area (Å²) in [5.74, 6) is -5.55. The third-order valence-electron chi connectivity index (χ3n) is 4.23. The minimum absolute atomic E-state index is 0.161. The molecule has 1 saturated heterocycles. The van der Waals surface area contributed by atoms with Gasteiger partial charge in [0, 0.05) is 36.4 Å². The number of anilines is 2. The Morgan fingerprint density at radius 2 is 1.83 bits per heavy atom. The zero-order valence-electron chi connectivity index (χ0n) is 15.5. The minimum atomic E-state index is -4.27. The van der Waals surface area contributed by atoms with Crippen LogP contribution in [0.4, 0.5) is 24.5 Å². The van der Waals surface area contributed by atoms with Crippen LogP contribution < -0.4 is 15.9 Å². The molecule has 162 valence electrons. The molecule has 1 heterocycles. The molecule has 0 saturated carbocycles. The number of nitrogens with two attached hydrogens (primary N) is 1. The monoisotopic (exact) mass is 445 g/mol. The van der Waals surface area contributed by atoms with Crippen LogP contribution in [0.2, 0.25) is 0 Å². The number of hydrogen-bond donors (Lipinski definition) is 3. The molecule has 0 spiro atoms. The first kappa shape index (κ1) is 22.0. The van der Waals surface area contributed by atoms with E-state index in [0.29, 0.717) is 25.2 Å². The van der Waals surface area contributed by atoms with Gasteiger partial charge in [0.25, 0.3) is 15.9 Å². The van der Waals surface area contributed by atoms with Gasteiger partial charge in [-0.1, -0.05) is 4.89 Å². The number of carbonyl (C=O) groups excluding carboxylic acids is 1. The standard InChI is InChI=1S/C18H18F3N3O5S/c19-12-8-11(9-13(20)17(12)21)23-18(25)10-4-5-14(22)15(7-10)30(26,27)24-29-16-3-1-2-6-28-16/h4-5,7-9,16,24H,1-3,6,22H2,(H,23,25). The van der Waals surface area contributed by atoms with E-state index in [1.54, 1.807) is 0 Å². The lowest BCUT2D eigenvalue weighted by molar-refractivity contribution is -0.179. The number of hydrogen-bond acceptors (Lipinski definition) is 6. The lowest BCUT2D eigenvalue weighted by Gasteiger charge is -2.22. The van der Waals surface area contributed by atoms with Gasteiger partial charge in [0.2, 0.25) is 0 Å². The lowest BCUT2D eigenvalue weighted by Crippen LogP contribution is -2.33. The molecular weight excluding hydrogens is 427 g/mol. The van der Waals surface area contributed by atoms with Crippen molar-refractivity contribution in [2.75, 3.05) is 17.7 Å². The van der Waals surface area contributed by atoms with Crippen molar-refractivity contribution in [3.63, 3.8) is 0 Å². The van der Waals surface area contributed by atoms with Gasteiger partial charge in [-0.15, -0.1) is 0 Å². The van der Waals surface area contributed by atoms with Crippen molar-refractivity contribution in [2.45, 2.75) is 30.4 Å². The fourth-order valence-corrected chi connectivity index (χ4v) is 3.69. The van der Waals surface area contributed by atoms with Crippen LogP contribution in [0.5, 0.6) is 0 Å². The highest BCUT2D eigenvalue weighted by Gasteiger charge is 2.23. The average Bonchev–Trinajstić information content (AvgIpc) is 2.71. The van der Waals surface area contributed by atoms with E-state index in [0.717, 1.165) is 18.9 Å². The summed E-state index contributed by atoms with van der Waals surface area (Å²) < 4.78 is 69.9. The zero-order chi connectivity index (χ0) is 21.9. The molecule has 30 heavy (non-hydrogen) atoms. The minimum Gasteiger partial charge on any atom is -0.398 e. The first-order valence-corrected chi connectivity index (χ1v) is 10.3. The van der Waals surface area contributed by atoms with Crippen molar-refractivity contribution in [2.24, 2.45) is 0 Å². The average molecular weight is 445 g/mol. The van der Waals surface area contributed by atoms with Gasteiger partial charge in [-0.2, -0.15) is 0 Å². The van der Waals surface area contributed by atoms with E-state index in [1.807, 2.05) is 4.89 Å². The summed E-state index contributed by atoms with van der Waals surface area (Å²) in [6.07, 6.45) is 1.42. The van der Waals surface area contributed by atoms with Gasteiger partial charge in [0.05, 0.1) is 5.69 Å². The Hall–Kier alpha value is -2.67. The van der Waals surface area contributed by atoms with Crippen LogP contribution in [0.15, 0.2) is 35.2 Å². The summed E-state index contributed by atoms with van der Waals surface area (Å²) in [5, 5.41) is 2.16. The molecule has 0 radical (unpaired) electrons. The number of nitrogen functional groups attached to an aromatic ring is 1. The SMILES string of the molecule is Nc1ccc(C(=O)Nc2cc(F)c(F)c(F)c2)cc1S(=O)(=O)NOC1CCCCO1. The van der Waals surface area contributed by atoms with Crippen LogP contribution in [0.3, 0.4) is 0 Å². The molecule has 1 atom stereocenters. The van der Waals surface area contributed by atoms with Crippen LogP contribution in [0.1, 0.15) is 29.6 Å². The van der Waals surface area contributed by atoms with Crippen LogP contribution in [-0.2, 0) is 19.6 Å². The second kappa shape index (κ2) is 9.00. The molecule has 12 heteroatoms. The quantitative estimate of drug-likeness (QED) is 0.357. The van der Waals surface area contributed by atoms with E-state index in [4.69, 9.17) is 15.3 Å². The highest BCUT2D eigenvalue weighted by Crippen LogP contribution is 2.23. The number of rotatable bonds is 6. The molecule has 0 aliphatic carbocycles. The van der Waals surface area contributed by atoms with Crippen molar-refractivity contribution >= 4 is 27.3 Å². The first-order valence-electron chi connectivity index (χ1n) is 8.82. The molecule has 4 N–H and O–H groups in total. The number of sulfonamides is 1. The molecule has 1 unspecified atom stereocenters. The van der Waals surface area contributed by atoms with E-state index < -0.39 is 44.6 Å². The molecule has 1 amide bonds. The maximum Gasteiger partial charge on any atom is 0.264 e. The Bertz CT molecular complexity index is 1040. The van der Waals surface area contributed by atoms with E-state index in [-0.39, 0.29) is 16.9 Å². The van der Waals surface area contributed by atoms with Crippen LogP contribution in [-0.4, -0.2) is 27.2 Å². The van der Waals surface area contributed by atoms with Gasteiger partial charge < -0.3 is 15.8 Å². The fraction of sp³-hybridized carbons (Fsp3) is 0.278. The lowest BCUT2D eigenvalue weighted by atomic mass is 10.2. The third kappa shape index (κ3) is 5.08. The Balaban J connectivity index is 1.77. The topological polar surface area (TPSA) is 120 Å². The van der Waals surface area contributed by atoms with Crippen molar-refractivity contribution in [1.29, 1.82) is 0 Å². The third-order valence-corrected chi connectivity index (χ3v) is 5.48. The van der Waals surface area contributed by atoms with E-state index in [9.17, 15) is 26.4 Å². The normalized spacial score (nSPS) is 17.0.